The van der Waals surface area contributed by atoms with Crippen molar-refractivity contribution >= 4 is 5.91 Å². The third-order valence-corrected chi connectivity index (χ3v) is 2.68. The Morgan fingerprint density at radius 2 is 1.94 bits per heavy atom. The molecular weight excluding hydrogens is 206 g/mol. The number of aliphatic hydroxyl groups excluding tert-OH is 1. The van der Waals surface area contributed by atoms with E-state index in [0.717, 1.165) is 17.9 Å². The molecule has 0 unspecified atom stereocenters. The molecule has 0 aliphatic rings. The van der Waals surface area contributed by atoms with Crippen molar-refractivity contribution in [2.75, 3.05) is 14.2 Å². The summed E-state index contributed by atoms with van der Waals surface area (Å²) in [7, 11) is 2.99. The zero-order valence-electron chi connectivity index (χ0n) is 10.7. The predicted molar refractivity (Wildman–Crippen MR) is 63.8 cm³/mol. The third kappa shape index (κ3) is 7.65. The first kappa shape index (κ1) is 15.4. The molecule has 0 bridgehead atoms. The molecular formula is C12H25NO3. The molecule has 4 heteroatoms. The molecule has 0 heterocycles. The molecule has 0 aromatic rings. The molecule has 1 N–H and O–H groups in total. The number of nitrogens with zero attached hydrogens (tertiary/aromatic N) is 1. The number of amides is 1. The van der Waals surface area contributed by atoms with E-state index in [-0.39, 0.29) is 12.3 Å². The third-order valence-electron chi connectivity index (χ3n) is 2.68. The van der Waals surface area contributed by atoms with E-state index in [1.165, 1.54) is 26.4 Å². The number of hydroxylamine groups is 2. The number of hydrogen-bond acceptors (Lipinski definition) is 3. The van der Waals surface area contributed by atoms with Crippen LogP contribution < -0.4 is 0 Å². The Bertz CT molecular complexity index is 185. The molecule has 0 spiro atoms. The van der Waals surface area contributed by atoms with E-state index < -0.39 is 6.10 Å². The van der Waals surface area contributed by atoms with Gasteiger partial charge in [0.05, 0.1) is 19.6 Å². The summed E-state index contributed by atoms with van der Waals surface area (Å²) in [6, 6.07) is 0. The first-order chi connectivity index (χ1) is 7.61. The molecule has 0 fully saturated rings. The second-order valence-corrected chi connectivity index (χ2v) is 4.13. The van der Waals surface area contributed by atoms with Crippen molar-refractivity contribution in [3.05, 3.63) is 0 Å². The minimum atomic E-state index is -0.535. The number of aliphatic hydroxyl groups is 1. The van der Waals surface area contributed by atoms with Crippen LogP contribution in [0.3, 0.4) is 0 Å². The topological polar surface area (TPSA) is 49.8 Å². The normalized spacial score (nSPS) is 12.5. The van der Waals surface area contributed by atoms with Gasteiger partial charge >= 0.3 is 0 Å². The molecule has 0 saturated carbocycles. The Morgan fingerprint density at radius 3 is 2.50 bits per heavy atom. The Morgan fingerprint density at radius 1 is 1.31 bits per heavy atom. The predicted octanol–water partition coefficient (Wildman–Crippen LogP) is 2.12. The summed E-state index contributed by atoms with van der Waals surface area (Å²) in [5.74, 6) is -0.177. The fraction of sp³-hybridized carbons (Fsp3) is 0.917. The van der Waals surface area contributed by atoms with Crippen molar-refractivity contribution < 1.29 is 14.7 Å². The Balaban J connectivity index is 3.50. The van der Waals surface area contributed by atoms with Gasteiger partial charge in [0.1, 0.15) is 0 Å². The lowest BCUT2D eigenvalue weighted by Crippen LogP contribution is -2.28. The van der Waals surface area contributed by atoms with Crippen LogP contribution >= 0.6 is 0 Å². The van der Waals surface area contributed by atoms with Crippen molar-refractivity contribution in [2.24, 2.45) is 0 Å². The molecule has 0 aliphatic carbocycles. The van der Waals surface area contributed by atoms with Gasteiger partial charge < -0.3 is 5.11 Å². The highest BCUT2D eigenvalue weighted by molar-refractivity contribution is 5.75. The van der Waals surface area contributed by atoms with Gasteiger partial charge in [0.25, 0.3) is 0 Å². The summed E-state index contributed by atoms with van der Waals surface area (Å²) in [5, 5.41) is 10.8. The molecule has 16 heavy (non-hydrogen) atoms. The SMILES string of the molecule is CCCCCCC[C@H](O)CC(=O)N(C)OC. The lowest BCUT2D eigenvalue weighted by molar-refractivity contribution is -0.170. The number of rotatable bonds is 9. The van der Waals surface area contributed by atoms with Gasteiger partial charge in [-0.05, 0) is 6.42 Å². The number of unbranched alkanes of at least 4 members (excludes halogenated alkanes) is 4. The first-order valence-corrected chi connectivity index (χ1v) is 6.10. The van der Waals surface area contributed by atoms with Crippen molar-refractivity contribution in [1.29, 1.82) is 0 Å². The summed E-state index contributed by atoms with van der Waals surface area (Å²) in [4.78, 5) is 16.1. The molecule has 0 saturated heterocycles. The molecule has 0 radical (unpaired) electrons. The van der Waals surface area contributed by atoms with Crippen LogP contribution in [0, 0.1) is 0 Å². The van der Waals surface area contributed by atoms with E-state index in [1.54, 1.807) is 7.05 Å². The highest BCUT2D eigenvalue weighted by Crippen LogP contribution is 2.10. The second-order valence-electron chi connectivity index (χ2n) is 4.13. The standard InChI is InChI=1S/C12H25NO3/c1-4-5-6-7-8-9-11(14)10-12(15)13(2)16-3/h11,14H,4-10H2,1-3H3/t11-/m0/s1. The smallest absolute Gasteiger partial charge is 0.248 e. The maximum absolute atomic E-state index is 11.4. The van der Waals surface area contributed by atoms with Crippen molar-refractivity contribution in [3.8, 4) is 0 Å². The summed E-state index contributed by atoms with van der Waals surface area (Å²) in [6.45, 7) is 2.17. The fourth-order valence-electron chi connectivity index (χ4n) is 1.52. The highest BCUT2D eigenvalue weighted by atomic mass is 16.7. The first-order valence-electron chi connectivity index (χ1n) is 6.10. The van der Waals surface area contributed by atoms with Gasteiger partial charge in [0.15, 0.2) is 0 Å². The van der Waals surface area contributed by atoms with Crippen molar-refractivity contribution in [3.63, 3.8) is 0 Å². The summed E-state index contributed by atoms with van der Waals surface area (Å²) in [5.41, 5.74) is 0. The maximum Gasteiger partial charge on any atom is 0.248 e. The Hall–Kier alpha value is -0.610. The molecule has 4 nitrogen and oxygen atoms in total. The van der Waals surface area contributed by atoms with Crippen LogP contribution in [-0.4, -0.2) is 36.3 Å². The molecule has 0 aliphatic heterocycles. The zero-order chi connectivity index (χ0) is 12.4. The zero-order valence-corrected chi connectivity index (χ0v) is 10.7. The largest absolute Gasteiger partial charge is 0.393 e. The molecule has 96 valence electrons. The van der Waals surface area contributed by atoms with Crippen LogP contribution in [0.5, 0.6) is 0 Å². The van der Waals surface area contributed by atoms with Crippen LogP contribution in [0.1, 0.15) is 51.9 Å². The van der Waals surface area contributed by atoms with E-state index >= 15 is 0 Å². The minimum absolute atomic E-state index is 0.151. The fourth-order valence-corrected chi connectivity index (χ4v) is 1.52. The van der Waals surface area contributed by atoms with E-state index in [1.807, 2.05) is 0 Å². The van der Waals surface area contributed by atoms with Crippen molar-refractivity contribution in [2.45, 2.75) is 58.0 Å². The van der Waals surface area contributed by atoms with Crippen molar-refractivity contribution in [1.82, 2.24) is 5.06 Å². The van der Waals surface area contributed by atoms with Crippen LogP contribution in [0.4, 0.5) is 0 Å². The lowest BCUT2D eigenvalue weighted by atomic mass is 10.1. The van der Waals surface area contributed by atoms with Gasteiger partial charge in [-0.25, -0.2) is 5.06 Å². The van der Waals surface area contributed by atoms with Crippen LogP contribution in [0.15, 0.2) is 0 Å². The quantitative estimate of drug-likeness (QED) is 0.488. The average molecular weight is 231 g/mol. The van der Waals surface area contributed by atoms with E-state index in [0.29, 0.717) is 6.42 Å². The van der Waals surface area contributed by atoms with Gasteiger partial charge in [-0.1, -0.05) is 39.0 Å². The van der Waals surface area contributed by atoms with Gasteiger partial charge in [0.2, 0.25) is 5.91 Å². The molecule has 1 amide bonds. The maximum atomic E-state index is 11.4. The summed E-state index contributed by atoms with van der Waals surface area (Å²) in [6.07, 6.45) is 6.14. The van der Waals surface area contributed by atoms with E-state index in [9.17, 15) is 9.90 Å². The Labute approximate surface area is 98.5 Å². The number of hydrogen-bond donors (Lipinski definition) is 1. The van der Waals surface area contributed by atoms with E-state index in [2.05, 4.69) is 6.92 Å². The number of carbonyl (C=O) groups excluding carboxylic acids is 1. The van der Waals surface area contributed by atoms with Gasteiger partial charge in [-0.3, -0.25) is 9.63 Å². The van der Waals surface area contributed by atoms with Gasteiger partial charge in [0, 0.05) is 7.05 Å². The molecule has 0 aromatic carbocycles. The van der Waals surface area contributed by atoms with E-state index in [4.69, 9.17) is 4.84 Å². The summed E-state index contributed by atoms with van der Waals surface area (Å²) >= 11 is 0. The van der Waals surface area contributed by atoms with Crippen LogP contribution in [0.25, 0.3) is 0 Å². The monoisotopic (exact) mass is 231 g/mol. The molecule has 0 rings (SSSR count). The van der Waals surface area contributed by atoms with Crippen LogP contribution in [0.2, 0.25) is 0 Å². The second kappa shape index (κ2) is 9.60. The molecule has 0 aromatic heterocycles. The Kier molecular flexibility index (Phi) is 9.24. The summed E-state index contributed by atoms with van der Waals surface area (Å²) < 4.78 is 0. The molecule has 1 atom stereocenters. The average Bonchev–Trinajstić information content (AvgIpc) is 2.27. The minimum Gasteiger partial charge on any atom is -0.393 e. The van der Waals surface area contributed by atoms with Crippen LogP contribution in [-0.2, 0) is 9.63 Å². The number of carbonyl (C=O) groups is 1. The highest BCUT2D eigenvalue weighted by Gasteiger charge is 2.13. The van der Waals surface area contributed by atoms with Gasteiger partial charge in [-0.2, -0.15) is 0 Å². The lowest BCUT2D eigenvalue weighted by Gasteiger charge is -2.16. The van der Waals surface area contributed by atoms with Gasteiger partial charge in [-0.15, -0.1) is 0 Å².